The number of aromatic hydroxyl groups is 2. The summed E-state index contributed by atoms with van der Waals surface area (Å²) in [5.74, 6) is 0.469. The van der Waals surface area contributed by atoms with Gasteiger partial charge in [-0.15, -0.1) is 0 Å². The molecule has 4 N–H and O–H groups in total. The quantitative estimate of drug-likeness (QED) is 0.655. The van der Waals surface area contributed by atoms with Crippen LogP contribution in [0.4, 0.5) is 5.69 Å². The molecule has 0 spiro atoms. The first kappa shape index (κ1) is 14.5. The van der Waals surface area contributed by atoms with E-state index in [-0.39, 0.29) is 11.5 Å². The SMILES string of the molecule is Oc1ccc(CNc2ccc3c(c2)C(O)CCCO3)cc1O. The molecule has 0 saturated heterocycles. The third kappa shape index (κ3) is 3.09. The van der Waals surface area contributed by atoms with E-state index in [2.05, 4.69) is 5.32 Å². The molecule has 1 unspecified atom stereocenters. The number of hydrogen-bond donors (Lipinski definition) is 4. The largest absolute Gasteiger partial charge is 0.504 e. The number of aliphatic hydroxyl groups excluding tert-OH is 1. The summed E-state index contributed by atoms with van der Waals surface area (Å²) < 4.78 is 5.62. The highest BCUT2D eigenvalue weighted by Gasteiger charge is 2.17. The minimum Gasteiger partial charge on any atom is -0.504 e. The van der Waals surface area contributed by atoms with Gasteiger partial charge >= 0.3 is 0 Å². The van der Waals surface area contributed by atoms with E-state index in [1.807, 2.05) is 18.2 Å². The highest BCUT2D eigenvalue weighted by molar-refractivity contribution is 5.53. The first-order chi connectivity index (χ1) is 10.6. The smallest absolute Gasteiger partial charge is 0.157 e. The Balaban J connectivity index is 1.74. The number of anilines is 1. The summed E-state index contributed by atoms with van der Waals surface area (Å²) in [4.78, 5) is 0. The Morgan fingerprint density at radius 2 is 1.95 bits per heavy atom. The van der Waals surface area contributed by atoms with Crippen LogP contribution in [0, 0.1) is 0 Å². The summed E-state index contributed by atoms with van der Waals surface area (Å²) in [6.45, 7) is 1.13. The highest BCUT2D eigenvalue weighted by atomic mass is 16.5. The average molecular weight is 301 g/mol. The molecule has 3 rings (SSSR count). The summed E-state index contributed by atoms with van der Waals surface area (Å²) in [6, 6.07) is 10.4. The molecule has 0 radical (unpaired) electrons. The second-order valence-electron chi connectivity index (χ2n) is 5.44. The second-order valence-corrected chi connectivity index (χ2v) is 5.44. The Labute approximate surface area is 128 Å². The molecular formula is C17H19NO4. The van der Waals surface area contributed by atoms with Gasteiger partial charge in [0, 0.05) is 17.8 Å². The molecule has 0 bridgehead atoms. The van der Waals surface area contributed by atoms with Crippen molar-refractivity contribution >= 4 is 5.69 Å². The standard InChI is InChI=1S/C17H19NO4/c19-14-2-1-7-22-17-6-4-12(9-13(14)17)18-10-11-3-5-15(20)16(21)8-11/h3-6,8-9,14,18-21H,1-2,7,10H2. The van der Waals surface area contributed by atoms with Gasteiger partial charge in [0.1, 0.15) is 5.75 Å². The van der Waals surface area contributed by atoms with Crippen molar-refractivity contribution in [1.29, 1.82) is 0 Å². The maximum Gasteiger partial charge on any atom is 0.157 e. The monoisotopic (exact) mass is 301 g/mol. The van der Waals surface area contributed by atoms with Crippen molar-refractivity contribution in [2.24, 2.45) is 0 Å². The van der Waals surface area contributed by atoms with Gasteiger partial charge in [-0.25, -0.2) is 0 Å². The third-order valence-electron chi connectivity index (χ3n) is 3.78. The zero-order valence-electron chi connectivity index (χ0n) is 12.1. The zero-order chi connectivity index (χ0) is 15.5. The normalized spacial score (nSPS) is 17.2. The van der Waals surface area contributed by atoms with Crippen molar-refractivity contribution < 1.29 is 20.1 Å². The van der Waals surface area contributed by atoms with Crippen LogP contribution < -0.4 is 10.1 Å². The molecule has 0 amide bonds. The van der Waals surface area contributed by atoms with Gasteiger partial charge in [-0.3, -0.25) is 0 Å². The van der Waals surface area contributed by atoms with Crippen molar-refractivity contribution in [3.8, 4) is 17.2 Å². The molecule has 116 valence electrons. The molecule has 5 heteroatoms. The van der Waals surface area contributed by atoms with E-state index in [9.17, 15) is 15.3 Å². The van der Waals surface area contributed by atoms with Crippen molar-refractivity contribution in [2.45, 2.75) is 25.5 Å². The van der Waals surface area contributed by atoms with Gasteiger partial charge in [-0.2, -0.15) is 0 Å². The van der Waals surface area contributed by atoms with Crippen molar-refractivity contribution in [1.82, 2.24) is 0 Å². The van der Waals surface area contributed by atoms with Crippen LogP contribution in [0.25, 0.3) is 0 Å². The number of phenols is 2. The van der Waals surface area contributed by atoms with Crippen molar-refractivity contribution in [3.63, 3.8) is 0 Å². The summed E-state index contributed by atoms with van der Waals surface area (Å²) in [6.07, 6.45) is 1.03. The van der Waals surface area contributed by atoms with E-state index < -0.39 is 6.10 Å². The van der Waals surface area contributed by atoms with E-state index in [1.165, 1.54) is 12.1 Å². The molecular weight excluding hydrogens is 282 g/mol. The zero-order valence-corrected chi connectivity index (χ0v) is 12.1. The van der Waals surface area contributed by atoms with E-state index in [0.717, 1.165) is 29.0 Å². The lowest BCUT2D eigenvalue weighted by atomic mass is 10.0. The van der Waals surface area contributed by atoms with Crippen molar-refractivity contribution in [3.05, 3.63) is 47.5 Å². The van der Waals surface area contributed by atoms with Crippen molar-refractivity contribution in [2.75, 3.05) is 11.9 Å². The molecule has 1 heterocycles. The highest BCUT2D eigenvalue weighted by Crippen LogP contribution is 2.33. The molecule has 2 aromatic rings. The molecule has 22 heavy (non-hydrogen) atoms. The molecule has 0 aliphatic carbocycles. The maximum absolute atomic E-state index is 10.1. The molecule has 0 saturated carbocycles. The maximum atomic E-state index is 10.1. The number of fused-ring (bicyclic) bond motifs is 1. The van der Waals surface area contributed by atoms with E-state index in [0.29, 0.717) is 19.6 Å². The van der Waals surface area contributed by atoms with Crippen LogP contribution >= 0.6 is 0 Å². The number of rotatable bonds is 3. The van der Waals surface area contributed by atoms with Crippen LogP contribution in [0.15, 0.2) is 36.4 Å². The predicted octanol–water partition coefficient (Wildman–Crippen LogP) is 2.92. The Kier molecular flexibility index (Phi) is 4.06. The molecule has 5 nitrogen and oxygen atoms in total. The fraction of sp³-hybridized carbons (Fsp3) is 0.294. The average Bonchev–Trinajstić information content (AvgIpc) is 2.70. The number of ether oxygens (including phenoxy) is 1. The summed E-state index contributed by atoms with van der Waals surface area (Å²) in [5.41, 5.74) is 2.52. The van der Waals surface area contributed by atoms with Crippen LogP contribution in [-0.2, 0) is 6.54 Å². The van der Waals surface area contributed by atoms with Crippen LogP contribution in [0.2, 0.25) is 0 Å². The van der Waals surface area contributed by atoms with Crippen LogP contribution in [0.1, 0.15) is 30.1 Å². The number of hydrogen-bond acceptors (Lipinski definition) is 5. The number of nitrogens with one attached hydrogen (secondary N) is 1. The topological polar surface area (TPSA) is 82.0 Å². The first-order valence-corrected chi connectivity index (χ1v) is 7.33. The van der Waals surface area contributed by atoms with Crippen LogP contribution in [-0.4, -0.2) is 21.9 Å². The molecule has 2 aromatic carbocycles. The summed E-state index contributed by atoms with van der Waals surface area (Å²) in [7, 11) is 0. The van der Waals surface area contributed by atoms with Gasteiger partial charge in [0.25, 0.3) is 0 Å². The van der Waals surface area contributed by atoms with Crippen LogP contribution in [0.3, 0.4) is 0 Å². The Morgan fingerprint density at radius 1 is 1.09 bits per heavy atom. The lowest BCUT2D eigenvalue weighted by molar-refractivity contribution is 0.167. The second kappa shape index (κ2) is 6.15. The summed E-state index contributed by atoms with van der Waals surface area (Å²) >= 11 is 0. The predicted molar refractivity (Wildman–Crippen MR) is 83.2 cm³/mol. The van der Waals surface area contributed by atoms with Gasteiger partial charge in [0.2, 0.25) is 0 Å². The van der Waals surface area contributed by atoms with Gasteiger partial charge in [-0.05, 0) is 48.7 Å². The lowest BCUT2D eigenvalue weighted by Crippen LogP contribution is -2.02. The Morgan fingerprint density at radius 3 is 2.77 bits per heavy atom. The minimum atomic E-state index is -0.503. The number of aliphatic hydroxyl groups is 1. The molecule has 1 atom stereocenters. The number of phenolic OH excluding ortho intramolecular Hbond substituents is 2. The lowest BCUT2D eigenvalue weighted by Gasteiger charge is -2.14. The molecule has 1 aliphatic rings. The summed E-state index contributed by atoms with van der Waals surface area (Å²) in [5, 5.41) is 32.2. The van der Waals surface area contributed by atoms with E-state index in [4.69, 9.17) is 4.74 Å². The van der Waals surface area contributed by atoms with Gasteiger partial charge in [0.15, 0.2) is 11.5 Å². The van der Waals surface area contributed by atoms with Gasteiger partial charge in [0.05, 0.1) is 12.7 Å². The van der Waals surface area contributed by atoms with Gasteiger partial charge < -0.3 is 25.4 Å². The fourth-order valence-corrected chi connectivity index (χ4v) is 2.55. The van der Waals surface area contributed by atoms with Crippen LogP contribution in [0.5, 0.6) is 17.2 Å². The third-order valence-corrected chi connectivity index (χ3v) is 3.78. The first-order valence-electron chi connectivity index (χ1n) is 7.33. The molecule has 0 fully saturated rings. The minimum absolute atomic E-state index is 0.131. The molecule has 1 aliphatic heterocycles. The molecule has 0 aromatic heterocycles. The Bertz CT molecular complexity index is 672. The number of benzene rings is 2. The van der Waals surface area contributed by atoms with E-state index >= 15 is 0 Å². The Hall–Kier alpha value is -2.40. The van der Waals surface area contributed by atoms with Gasteiger partial charge in [-0.1, -0.05) is 6.07 Å². The van der Waals surface area contributed by atoms with E-state index in [1.54, 1.807) is 6.07 Å². The fourth-order valence-electron chi connectivity index (χ4n) is 2.55.